The molecule has 0 unspecified atom stereocenters. The first-order chi connectivity index (χ1) is 7.35. The van der Waals surface area contributed by atoms with Gasteiger partial charge < -0.3 is 10.2 Å². The van der Waals surface area contributed by atoms with Crippen molar-refractivity contribution in [1.82, 2.24) is 29.5 Å². The largest absolute Gasteiger partial charge is 0.388 e. The molecule has 0 saturated carbocycles. The Balaban J connectivity index is 2.21. The highest BCUT2D eigenvalue weighted by Gasteiger charge is 2.07. The zero-order chi connectivity index (χ0) is 10.7. The molecule has 2 heterocycles. The van der Waals surface area contributed by atoms with Gasteiger partial charge in [0.25, 0.3) is 0 Å². The lowest BCUT2D eigenvalue weighted by atomic mass is 10.6. The third-order valence-corrected chi connectivity index (χ3v) is 1.94. The fraction of sp³-hybridized carbons (Fsp3) is 0.429. The van der Waals surface area contributed by atoms with Crippen molar-refractivity contribution in [3.8, 4) is 0 Å². The van der Waals surface area contributed by atoms with E-state index < -0.39 is 0 Å². The van der Waals surface area contributed by atoms with E-state index in [-0.39, 0.29) is 19.9 Å². The molecule has 0 spiro atoms. The highest BCUT2D eigenvalue weighted by molar-refractivity contribution is 4.84. The van der Waals surface area contributed by atoms with Gasteiger partial charge in [-0.15, -0.1) is 0 Å². The van der Waals surface area contributed by atoms with E-state index in [1.807, 2.05) is 0 Å². The Hall–Kier alpha value is -1.80. The molecule has 0 fully saturated rings. The molecule has 0 aliphatic heterocycles. The summed E-state index contributed by atoms with van der Waals surface area (Å²) >= 11 is 0. The van der Waals surface area contributed by atoms with Crippen molar-refractivity contribution in [2.75, 3.05) is 0 Å². The van der Waals surface area contributed by atoms with Gasteiger partial charge in [0.15, 0.2) is 11.6 Å². The zero-order valence-electron chi connectivity index (χ0n) is 7.85. The third kappa shape index (κ3) is 1.85. The van der Waals surface area contributed by atoms with Crippen molar-refractivity contribution in [1.29, 1.82) is 0 Å². The number of rotatable bonds is 4. The molecule has 0 bridgehead atoms. The second kappa shape index (κ2) is 4.15. The van der Waals surface area contributed by atoms with Crippen molar-refractivity contribution >= 4 is 0 Å². The van der Waals surface area contributed by atoms with Gasteiger partial charge in [0.05, 0.1) is 0 Å². The molecule has 0 aliphatic carbocycles. The minimum atomic E-state index is -0.191. The summed E-state index contributed by atoms with van der Waals surface area (Å²) in [6, 6.07) is 0. The maximum absolute atomic E-state index is 8.94. The molecule has 2 N–H and O–H groups in total. The molecular formula is C7H10N6O2. The molecule has 2 aromatic rings. The number of hydrogen-bond donors (Lipinski definition) is 2. The average Bonchev–Trinajstić information content (AvgIpc) is 2.87. The normalized spacial score (nSPS) is 10.8. The van der Waals surface area contributed by atoms with Crippen molar-refractivity contribution in [2.24, 2.45) is 0 Å². The second-order valence-electron chi connectivity index (χ2n) is 2.81. The van der Waals surface area contributed by atoms with Gasteiger partial charge in [-0.1, -0.05) is 0 Å². The van der Waals surface area contributed by atoms with Crippen molar-refractivity contribution in [2.45, 2.75) is 19.9 Å². The predicted octanol–water partition coefficient (Wildman–Crippen LogP) is -1.64. The van der Waals surface area contributed by atoms with Crippen LogP contribution in [0.2, 0.25) is 0 Å². The monoisotopic (exact) mass is 210 g/mol. The van der Waals surface area contributed by atoms with E-state index >= 15 is 0 Å². The Morgan fingerprint density at radius 1 is 0.933 bits per heavy atom. The van der Waals surface area contributed by atoms with E-state index in [4.69, 9.17) is 10.2 Å². The molecule has 0 aromatic carbocycles. The van der Waals surface area contributed by atoms with Gasteiger partial charge in [0.1, 0.15) is 32.5 Å². The molecular weight excluding hydrogens is 200 g/mol. The minimum absolute atomic E-state index is 0.191. The van der Waals surface area contributed by atoms with Crippen molar-refractivity contribution < 1.29 is 10.2 Å². The van der Waals surface area contributed by atoms with Crippen LogP contribution in [-0.4, -0.2) is 39.7 Å². The van der Waals surface area contributed by atoms with Gasteiger partial charge in [-0.25, -0.2) is 19.3 Å². The summed E-state index contributed by atoms with van der Waals surface area (Å²) in [6.45, 7) is -0.113. The first kappa shape index (κ1) is 9.74. The molecule has 2 aromatic heterocycles. The van der Waals surface area contributed by atoms with Crippen LogP contribution in [-0.2, 0) is 19.9 Å². The first-order valence-corrected chi connectivity index (χ1v) is 4.30. The number of aliphatic hydroxyl groups excluding tert-OH is 2. The zero-order valence-corrected chi connectivity index (χ0v) is 7.85. The molecule has 0 radical (unpaired) electrons. The summed E-state index contributed by atoms with van der Waals surface area (Å²) in [5.41, 5.74) is 0. The van der Waals surface area contributed by atoms with Crippen LogP contribution in [0, 0.1) is 0 Å². The molecule has 80 valence electrons. The van der Waals surface area contributed by atoms with E-state index in [1.54, 1.807) is 0 Å². The van der Waals surface area contributed by atoms with E-state index in [9.17, 15) is 0 Å². The SMILES string of the molecule is OCc1ncnn1Cn1ncnc1CO. The summed E-state index contributed by atoms with van der Waals surface area (Å²) in [5.74, 6) is 0.878. The predicted molar refractivity (Wildman–Crippen MR) is 47.3 cm³/mol. The Morgan fingerprint density at radius 3 is 1.80 bits per heavy atom. The fourth-order valence-corrected chi connectivity index (χ4v) is 1.18. The van der Waals surface area contributed by atoms with Gasteiger partial charge >= 0.3 is 0 Å². The Morgan fingerprint density at radius 2 is 1.40 bits per heavy atom. The van der Waals surface area contributed by atoms with Crippen LogP contribution in [0.4, 0.5) is 0 Å². The minimum Gasteiger partial charge on any atom is -0.388 e. The fourth-order valence-electron chi connectivity index (χ4n) is 1.18. The topological polar surface area (TPSA) is 102 Å². The summed E-state index contributed by atoms with van der Waals surface area (Å²) in [7, 11) is 0. The van der Waals surface area contributed by atoms with Crippen molar-refractivity contribution in [3.05, 3.63) is 24.3 Å². The Bertz CT molecular complexity index is 396. The molecule has 0 saturated heterocycles. The summed E-state index contributed by atoms with van der Waals surface area (Å²) in [5, 5.41) is 25.7. The lowest BCUT2D eigenvalue weighted by Crippen LogP contribution is -2.16. The van der Waals surface area contributed by atoms with Gasteiger partial charge in [0.2, 0.25) is 0 Å². The molecule has 2 rings (SSSR count). The third-order valence-electron chi connectivity index (χ3n) is 1.94. The van der Waals surface area contributed by atoms with Crippen LogP contribution in [0.3, 0.4) is 0 Å². The number of aliphatic hydroxyl groups is 2. The maximum Gasteiger partial charge on any atom is 0.154 e. The highest BCUT2D eigenvalue weighted by Crippen LogP contribution is 1.98. The molecule has 0 aliphatic rings. The van der Waals surface area contributed by atoms with Crippen LogP contribution >= 0.6 is 0 Å². The van der Waals surface area contributed by atoms with E-state index in [2.05, 4.69) is 20.2 Å². The van der Waals surface area contributed by atoms with E-state index in [0.717, 1.165) is 0 Å². The van der Waals surface area contributed by atoms with Gasteiger partial charge in [0, 0.05) is 0 Å². The van der Waals surface area contributed by atoms with Crippen molar-refractivity contribution in [3.63, 3.8) is 0 Å². The van der Waals surface area contributed by atoms with E-state index in [0.29, 0.717) is 11.6 Å². The van der Waals surface area contributed by atoms with Crippen LogP contribution < -0.4 is 0 Å². The van der Waals surface area contributed by atoms with Gasteiger partial charge in [-0.05, 0) is 0 Å². The maximum atomic E-state index is 8.94. The molecule has 0 atom stereocenters. The lowest BCUT2D eigenvalue weighted by Gasteiger charge is -2.05. The molecule has 0 amide bonds. The summed E-state index contributed by atoms with van der Waals surface area (Å²) in [4.78, 5) is 7.70. The highest BCUT2D eigenvalue weighted by atomic mass is 16.3. The van der Waals surface area contributed by atoms with E-state index in [1.165, 1.54) is 22.0 Å². The quantitative estimate of drug-likeness (QED) is 0.627. The van der Waals surface area contributed by atoms with Crippen LogP contribution in [0.1, 0.15) is 11.6 Å². The molecule has 15 heavy (non-hydrogen) atoms. The smallest absolute Gasteiger partial charge is 0.154 e. The number of hydrogen-bond acceptors (Lipinski definition) is 6. The molecule has 8 heteroatoms. The Labute approximate surface area is 84.8 Å². The average molecular weight is 210 g/mol. The first-order valence-electron chi connectivity index (χ1n) is 4.30. The second-order valence-corrected chi connectivity index (χ2v) is 2.81. The number of aromatic nitrogens is 6. The van der Waals surface area contributed by atoms with Gasteiger partial charge in [-0.3, -0.25) is 0 Å². The Kier molecular flexibility index (Phi) is 2.70. The summed E-state index contributed by atoms with van der Waals surface area (Å²) < 4.78 is 2.96. The lowest BCUT2D eigenvalue weighted by molar-refractivity contribution is 0.249. The van der Waals surface area contributed by atoms with Gasteiger partial charge in [-0.2, -0.15) is 10.2 Å². The van der Waals surface area contributed by atoms with Crippen LogP contribution in [0.25, 0.3) is 0 Å². The molecule has 8 nitrogen and oxygen atoms in total. The number of nitrogens with zero attached hydrogens (tertiary/aromatic N) is 6. The summed E-state index contributed by atoms with van der Waals surface area (Å²) in [6.07, 6.45) is 2.70. The standard InChI is InChI=1S/C7H10N6O2/c14-1-6-8-3-10-12(6)5-13-7(2-15)9-4-11-13/h3-4,14-15H,1-2,5H2. The van der Waals surface area contributed by atoms with Crippen LogP contribution in [0.5, 0.6) is 0 Å². The van der Waals surface area contributed by atoms with Crippen LogP contribution in [0.15, 0.2) is 12.7 Å².